The average Bonchev–Trinajstić information content (AvgIpc) is 2.69. The molecule has 0 N–H and O–H groups in total. The molecule has 2 bridgehead atoms. The quantitative estimate of drug-likeness (QED) is 0.170. The molecule has 0 aromatic heterocycles. The Kier molecular flexibility index (Phi) is 9.03. The lowest BCUT2D eigenvalue weighted by molar-refractivity contribution is -0.131. The summed E-state index contributed by atoms with van der Waals surface area (Å²) in [6.07, 6.45) is 4.91. The minimum absolute atomic E-state index is 0.0490. The minimum Gasteiger partial charge on any atom is -0.458 e. The van der Waals surface area contributed by atoms with E-state index in [0.29, 0.717) is 24.8 Å². The van der Waals surface area contributed by atoms with Crippen LogP contribution in [0.5, 0.6) is 5.75 Å². The molecule has 0 saturated carbocycles. The van der Waals surface area contributed by atoms with Crippen molar-refractivity contribution in [2.24, 2.45) is 0 Å². The molecule has 0 aliphatic carbocycles. The Balaban J connectivity index is 1.97. The van der Waals surface area contributed by atoms with Gasteiger partial charge in [-0.05, 0) is 53.1 Å². The third kappa shape index (κ3) is 6.92. The van der Waals surface area contributed by atoms with Crippen LogP contribution in [0.4, 0.5) is 0 Å². The van der Waals surface area contributed by atoms with E-state index in [1.54, 1.807) is 12.1 Å². The van der Waals surface area contributed by atoms with Crippen molar-refractivity contribution >= 4 is 42.8 Å². The molecule has 2 aliphatic heterocycles. The Morgan fingerprint density at radius 1 is 1.21 bits per heavy atom. The van der Waals surface area contributed by atoms with E-state index in [4.69, 9.17) is 18.6 Å². The second-order valence-corrected chi connectivity index (χ2v) is 16.3. The highest BCUT2D eigenvalue weighted by Crippen LogP contribution is 2.40. The predicted octanol–water partition coefficient (Wildman–Crippen LogP) is 6.36. The van der Waals surface area contributed by atoms with Gasteiger partial charge in [0, 0.05) is 25.9 Å². The van der Waals surface area contributed by atoms with E-state index < -0.39 is 20.3 Å². The number of halogens is 1. The van der Waals surface area contributed by atoms with Crippen LogP contribution in [0.1, 0.15) is 69.3 Å². The summed E-state index contributed by atoms with van der Waals surface area (Å²) in [6, 6.07) is 5.33. The van der Waals surface area contributed by atoms with Gasteiger partial charge in [0.15, 0.2) is 8.32 Å². The fourth-order valence-electron chi connectivity index (χ4n) is 4.40. The fourth-order valence-corrected chi connectivity index (χ4v) is 6.07. The summed E-state index contributed by atoms with van der Waals surface area (Å²) < 4.78 is 26.6. The smallest absolute Gasteiger partial charge is 0.342 e. The minimum atomic E-state index is -1.95. The molecule has 34 heavy (non-hydrogen) atoms. The van der Waals surface area contributed by atoms with Crippen LogP contribution < -0.4 is 4.74 Å². The van der Waals surface area contributed by atoms with Crippen LogP contribution in [0.2, 0.25) is 18.1 Å². The van der Waals surface area contributed by atoms with Crippen LogP contribution in [-0.2, 0) is 25.1 Å². The number of fused-ring (bicyclic) bond motifs is 3. The number of hydrogen-bond acceptors (Lipinski definition) is 6. The molecule has 1 aromatic carbocycles. The number of carbonyl (C=O) groups is 2. The van der Waals surface area contributed by atoms with Crippen molar-refractivity contribution in [2.45, 2.75) is 102 Å². The summed E-state index contributed by atoms with van der Waals surface area (Å²) in [7, 11) is -1.95. The fraction of sp³-hybridized carbons (Fsp3) is 0.615. The lowest BCUT2D eigenvalue weighted by Crippen LogP contribution is -2.48. The Bertz CT molecular complexity index is 922. The zero-order chi connectivity index (χ0) is 25.1. The van der Waals surface area contributed by atoms with Gasteiger partial charge in [-0.25, -0.2) is 4.79 Å². The Morgan fingerprint density at radius 3 is 2.56 bits per heavy atom. The van der Waals surface area contributed by atoms with E-state index in [2.05, 4.69) is 56.5 Å². The summed E-state index contributed by atoms with van der Waals surface area (Å²) >= 11 is 2.17. The maximum Gasteiger partial charge on any atom is 0.342 e. The van der Waals surface area contributed by atoms with E-state index >= 15 is 0 Å². The number of hydrogen-bond donors (Lipinski definition) is 0. The van der Waals surface area contributed by atoms with E-state index in [-0.39, 0.29) is 35.2 Å². The van der Waals surface area contributed by atoms with E-state index in [1.807, 2.05) is 16.2 Å². The molecule has 6 nitrogen and oxygen atoms in total. The van der Waals surface area contributed by atoms with Gasteiger partial charge in [0.05, 0.1) is 12.2 Å². The van der Waals surface area contributed by atoms with Crippen LogP contribution in [0, 0.1) is 0 Å². The van der Waals surface area contributed by atoms with Gasteiger partial charge in [0.1, 0.15) is 17.4 Å². The number of esters is 2. The van der Waals surface area contributed by atoms with Crippen molar-refractivity contribution in [3.63, 3.8) is 0 Å². The topological polar surface area (TPSA) is 71.1 Å². The third-order valence-electron chi connectivity index (χ3n) is 7.01. The monoisotopic (exact) mass is 600 g/mol. The van der Waals surface area contributed by atoms with Gasteiger partial charge in [-0.2, -0.15) is 0 Å². The lowest BCUT2D eigenvalue weighted by atomic mass is 9.91. The zero-order valence-electron chi connectivity index (χ0n) is 21.1. The van der Waals surface area contributed by atoms with Crippen LogP contribution in [0.3, 0.4) is 0 Å². The van der Waals surface area contributed by atoms with Crippen molar-refractivity contribution in [3.05, 3.63) is 39.5 Å². The van der Waals surface area contributed by atoms with Gasteiger partial charge in [-0.1, -0.05) is 61.6 Å². The molecular weight excluding hydrogens is 563 g/mol. The first kappa shape index (κ1) is 27.4. The molecule has 1 saturated heterocycles. The first-order chi connectivity index (χ1) is 15.9. The van der Waals surface area contributed by atoms with Crippen molar-refractivity contribution in [3.8, 4) is 5.75 Å². The molecule has 8 heteroatoms. The highest BCUT2D eigenvalue weighted by Gasteiger charge is 2.42. The zero-order valence-corrected chi connectivity index (χ0v) is 24.2. The number of carbonyl (C=O) groups excluding carboxylic acids is 2. The summed E-state index contributed by atoms with van der Waals surface area (Å²) in [5, 5.41) is 0.121. The van der Waals surface area contributed by atoms with Gasteiger partial charge < -0.3 is 18.6 Å². The largest absolute Gasteiger partial charge is 0.458 e. The summed E-state index contributed by atoms with van der Waals surface area (Å²) in [4.78, 5) is 25.0. The SMILES string of the molecule is CC(=O)Oc1cccc2c1C(=O)O[C@@H](C/C=C/I)C[C@H]1C[C@@H](O[Si](C)(C)C(C)(C)C)C[C@H](C2)O1. The lowest BCUT2D eigenvalue weighted by Gasteiger charge is -2.44. The highest BCUT2D eigenvalue weighted by molar-refractivity contribution is 14.1. The Labute approximate surface area is 218 Å². The Hall–Kier alpha value is -1.23. The third-order valence-corrected chi connectivity index (χ3v) is 12.1. The number of cyclic esters (lactones) is 1. The number of ether oxygens (including phenoxy) is 3. The van der Waals surface area contributed by atoms with E-state index in [9.17, 15) is 9.59 Å². The maximum absolute atomic E-state index is 13.3. The second kappa shape index (κ2) is 11.2. The molecule has 188 valence electrons. The average molecular weight is 601 g/mol. The summed E-state index contributed by atoms with van der Waals surface area (Å²) in [5.74, 6) is -0.688. The molecule has 0 unspecified atom stereocenters. The maximum atomic E-state index is 13.3. The molecule has 2 aliphatic rings. The summed E-state index contributed by atoms with van der Waals surface area (Å²) in [5.41, 5.74) is 1.08. The standard InChI is InChI=1S/C26H37IO6Si/c1-17(28)30-23-11-7-9-18-13-20-15-22(33-34(5,6)26(2,3)4)16-21(31-20)14-19(10-8-12-27)32-25(29)24(18)23/h7-9,11-12,19-22H,10,13-16H2,1-6H3/b12-8+/t19-,20-,21-,22-/m0/s1. The molecule has 0 spiro atoms. The number of rotatable bonds is 5. The van der Waals surface area contributed by atoms with Crippen LogP contribution in [0.25, 0.3) is 0 Å². The second-order valence-electron chi connectivity index (χ2n) is 10.8. The first-order valence-corrected chi connectivity index (χ1v) is 16.1. The molecule has 3 rings (SSSR count). The highest BCUT2D eigenvalue weighted by atomic mass is 127. The molecule has 1 aromatic rings. The van der Waals surface area contributed by atoms with Crippen molar-refractivity contribution in [1.82, 2.24) is 0 Å². The molecule has 4 atom stereocenters. The van der Waals surface area contributed by atoms with Crippen LogP contribution >= 0.6 is 22.6 Å². The predicted molar refractivity (Wildman–Crippen MR) is 143 cm³/mol. The first-order valence-electron chi connectivity index (χ1n) is 12.0. The molecule has 2 heterocycles. The molecule has 1 fully saturated rings. The van der Waals surface area contributed by atoms with Gasteiger partial charge in [-0.3, -0.25) is 4.79 Å². The van der Waals surface area contributed by atoms with E-state index in [0.717, 1.165) is 18.4 Å². The van der Waals surface area contributed by atoms with E-state index in [1.165, 1.54) is 6.92 Å². The Morgan fingerprint density at radius 2 is 1.91 bits per heavy atom. The van der Waals surface area contributed by atoms with Gasteiger partial charge in [-0.15, -0.1) is 0 Å². The van der Waals surface area contributed by atoms with Crippen molar-refractivity contribution in [1.29, 1.82) is 0 Å². The number of benzene rings is 1. The molecular formula is C26H37IO6Si. The molecule has 0 amide bonds. The van der Waals surface area contributed by atoms with Gasteiger partial charge in [0.25, 0.3) is 0 Å². The normalized spacial score (nSPS) is 26.0. The van der Waals surface area contributed by atoms with Gasteiger partial charge >= 0.3 is 11.9 Å². The van der Waals surface area contributed by atoms with Gasteiger partial charge in [0.2, 0.25) is 0 Å². The van der Waals surface area contributed by atoms with Crippen molar-refractivity contribution in [2.75, 3.05) is 0 Å². The van der Waals surface area contributed by atoms with Crippen molar-refractivity contribution < 1.29 is 28.2 Å². The van der Waals surface area contributed by atoms with Crippen LogP contribution in [0.15, 0.2) is 28.4 Å². The summed E-state index contributed by atoms with van der Waals surface area (Å²) in [6.45, 7) is 12.7. The molecule has 0 radical (unpaired) electrons. The van der Waals surface area contributed by atoms with Crippen LogP contribution in [-0.4, -0.2) is 44.7 Å².